The van der Waals surface area contributed by atoms with Crippen molar-refractivity contribution in [3.8, 4) is 11.4 Å². The Morgan fingerprint density at radius 3 is 2.53 bits per heavy atom. The van der Waals surface area contributed by atoms with Gasteiger partial charge in [0, 0.05) is 17.8 Å². The number of carboxylic acid groups (broad SMARTS) is 1. The molecule has 0 bridgehead atoms. The normalized spacial score (nSPS) is 14.3. The van der Waals surface area contributed by atoms with Gasteiger partial charge in [-0.1, -0.05) is 30.3 Å². The zero-order chi connectivity index (χ0) is 13.4. The van der Waals surface area contributed by atoms with E-state index >= 15 is 0 Å². The summed E-state index contributed by atoms with van der Waals surface area (Å²) in [6.45, 7) is 0. The molecule has 5 heteroatoms. The molecule has 0 radical (unpaired) electrons. The van der Waals surface area contributed by atoms with Gasteiger partial charge in [0.25, 0.3) is 5.56 Å². The van der Waals surface area contributed by atoms with Crippen molar-refractivity contribution in [1.29, 1.82) is 0 Å². The molecule has 1 aliphatic rings. The summed E-state index contributed by atoms with van der Waals surface area (Å²) >= 11 is 0. The molecule has 5 nitrogen and oxygen atoms in total. The lowest BCUT2D eigenvalue weighted by atomic mass is 10.2. The Morgan fingerprint density at radius 1 is 1.26 bits per heavy atom. The highest BCUT2D eigenvalue weighted by Crippen LogP contribution is 2.36. The van der Waals surface area contributed by atoms with Crippen LogP contribution in [0, 0.1) is 0 Å². The second kappa shape index (κ2) is 4.35. The van der Waals surface area contributed by atoms with E-state index in [4.69, 9.17) is 5.11 Å². The average molecular weight is 256 g/mol. The highest BCUT2D eigenvalue weighted by molar-refractivity contribution is 5.87. The fourth-order valence-electron chi connectivity index (χ4n) is 2.09. The Hall–Kier alpha value is -2.43. The molecule has 0 unspecified atom stereocenters. The molecule has 1 heterocycles. The molecule has 2 aromatic rings. The van der Waals surface area contributed by atoms with Crippen molar-refractivity contribution in [2.75, 3.05) is 0 Å². The van der Waals surface area contributed by atoms with E-state index in [-0.39, 0.29) is 11.6 Å². The van der Waals surface area contributed by atoms with Crippen LogP contribution in [0.15, 0.2) is 41.3 Å². The Labute approximate surface area is 109 Å². The number of aromatic nitrogens is 2. The molecule has 3 rings (SSSR count). The number of carboxylic acids is 1. The molecule has 96 valence electrons. The summed E-state index contributed by atoms with van der Waals surface area (Å²) in [7, 11) is 0. The summed E-state index contributed by atoms with van der Waals surface area (Å²) in [4.78, 5) is 27.4. The van der Waals surface area contributed by atoms with Crippen molar-refractivity contribution in [1.82, 2.24) is 9.55 Å². The van der Waals surface area contributed by atoms with E-state index in [2.05, 4.69) is 4.98 Å². The maximum Gasteiger partial charge on any atom is 0.342 e. The van der Waals surface area contributed by atoms with Crippen LogP contribution in [0.1, 0.15) is 29.2 Å². The van der Waals surface area contributed by atoms with E-state index < -0.39 is 11.5 Å². The molecule has 19 heavy (non-hydrogen) atoms. The standard InChI is InChI=1S/C14H12N2O3/c17-13-11(14(18)19)8-15-12(16(13)10-6-7-10)9-4-2-1-3-5-9/h1-5,8,10H,6-7H2,(H,18,19). The van der Waals surface area contributed by atoms with E-state index in [1.807, 2.05) is 30.3 Å². The highest BCUT2D eigenvalue weighted by atomic mass is 16.4. The van der Waals surface area contributed by atoms with Gasteiger partial charge in [0.15, 0.2) is 0 Å². The summed E-state index contributed by atoms with van der Waals surface area (Å²) in [5, 5.41) is 9.00. The lowest BCUT2D eigenvalue weighted by Crippen LogP contribution is -2.28. The lowest BCUT2D eigenvalue weighted by Gasteiger charge is -2.11. The molecule has 1 aromatic carbocycles. The van der Waals surface area contributed by atoms with Crippen molar-refractivity contribution in [3.63, 3.8) is 0 Å². The van der Waals surface area contributed by atoms with Gasteiger partial charge >= 0.3 is 5.97 Å². The summed E-state index contributed by atoms with van der Waals surface area (Å²) in [5.41, 5.74) is 0.0823. The molecule has 1 aromatic heterocycles. The summed E-state index contributed by atoms with van der Waals surface area (Å²) in [6.07, 6.45) is 2.93. The molecule has 0 amide bonds. The molecule has 1 N–H and O–H groups in total. The summed E-state index contributed by atoms with van der Waals surface area (Å²) in [6, 6.07) is 9.42. The highest BCUT2D eigenvalue weighted by Gasteiger charge is 2.29. The molecule has 1 fully saturated rings. The average Bonchev–Trinajstić information content (AvgIpc) is 3.23. The van der Waals surface area contributed by atoms with Crippen LogP contribution in [0.25, 0.3) is 11.4 Å². The van der Waals surface area contributed by atoms with E-state index in [9.17, 15) is 9.59 Å². The van der Waals surface area contributed by atoms with Crippen LogP contribution in [0.4, 0.5) is 0 Å². The van der Waals surface area contributed by atoms with Gasteiger partial charge in [0.1, 0.15) is 11.4 Å². The van der Waals surface area contributed by atoms with Gasteiger partial charge in [0.05, 0.1) is 0 Å². The van der Waals surface area contributed by atoms with Crippen molar-refractivity contribution in [2.24, 2.45) is 0 Å². The third kappa shape index (κ3) is 2.03. The van der Waals surface area contributed by atoms with Crippen molar-refractivity contribution < 1.29 is 9.90 Å². The van der Waals surface area contributed by atoms with Crippen LogP contribution in [0.2, 0.25) is 0 Å². The second-order valence-corrected chi connectivity index (χ2v) is 4.57. The molecule has 0 atom stereocenters. The van der Waals surface area contributed by atoms with Crippen LogP contribution in [-0.4, -0.2) is 20.6 Å². The third-order valence-corrected chi connectivity index (χ3v) is 3.17. The third-order valence-electron chi connectivity index (χ3n) is 3.17. The van der Waals surface area contributed by atoms with Gasteiger partial charge < -0.3 is 5.11 Å². The Bertz CT molecular complexity index is 688. The zero-order valence-corrected chi connectivity index (χ0v) is 10.1. The van der Waals surface area contributed by atoms with Gasteiger partial charge in [-0.05, 0) is 12.8 Å². The minimum atomic E-state index is -1.23. The van der Waals surface area contributed by atoms with Crippen molar-refractivity contribution >= 4 is 5.97 Å². The van der Waals surface area contributed by atoms with Crippen molar-refractivity contribution in [2.45, 2.75) is 18.9 Å². The predicted octanol–water partition coefficient (Wildman–Crippen LogP) is 1.94. The number of rotatable bonds is 3. The van der Waals surface area contributed by atoms with Gasteiger partial charge in [-0.25, -0.2) is 9.78 Å². The number of benzene rings is 1. The molecule has 1 saturated carbocycles. The molecular formula is C14H12N2O3. The topological polar surface area (TPSA) is 72.2 Å². The Morgan fingerprint density at radius 2 is 1.95 bits per heavy atom. The number of hydrogen-bond donors (Lipinski definition) is 1. The number of aromatic carboxylic acids is 1. The van der Waals surface area contributed by atoms with Crippen LogP contribution < -0.4 is 5.56 Å². The molecule has 1 aliphatic carbocycles. The van der Waals surface area contributed by atoms with Crippen LogP contribution in [0.5, 0.6) is 0 Å². The van der Waals surface area contributed by atoms with Crippen LogP contribution in [0.3, 0.4) is 0 Å². The first kappa shape index (κ1) is 11.6. The summed E-state index contributed by atoms with van der Waals surface area (Å²) in [5.74, 6) is -0.690. The van der Waals surface area contributed by atoms with E-state index in [0.717, 1.165) is 24.6 Å². The number of nitrogens with zero attached hydrogens (tertiary/aromatic N) is 2. The maximum absolute atomic E-state index is 12.2. The lowest BCUT2D eigenvalue weighted by molar-refractivity contribution is 0.0693. The SMILES string of the molecule is O=C(O)c1cnc(-c2ccccc2)n(C2CC2)c1=O. The predicted molar refractivity (Wildman–Crippen MR) is 69.2 cm³/mol. The van der Waals surface area contributed by atoms with Gasteiger partial charge in [-0.3, -0.25) is 9.36 Å². The van der Waals surface area contributed by atoms with E-state index in [1.54, 1.807) is 0 Å². The molecular weight excluding hydrogens is 244 g/mol. The van der Waals surface area contributed by atoms with Gasteiger partial charge in [-0.15, -0.1) is 0 Å². The van der Waals surface area contributed by atoms with Crippen LogP contribution in [-0.2, 0) is 0 Å². The largest absolute Gasteiger partial charge is 0.477 e. The fourth-order valence-corrected chi connectivity index (χ4v) is 2.09. The van der Waals surface area contributed by atoms with Crippen LogP contribution >= 0.6 is 0 Å². The quantitative estimate of drug-likeness (QED) is 0.910. The Balaban J connectivity index is 2.24. The Kier molecular flexibility index (Phi) is 2.67. The number of carbonyl (C=O) groups is 1. The zero-order valence-electron chi connectivity index (χ0n) is 10.1. The van der Waals surface area contributed by atoms with E-state index in [0.29, 0.717) is 5.82 Å². The first-order valence-corrected chi connectivity index (χ1v) is 6.08. The smallest absolute Gasteiger partial charge is 0.342 e. The molecule has 0 spiro atoms. The van der Waals surface area contributed by atoms with Gasteiger partial charge in [0.2, 0.25) is 0 Å². The van der Waals surface area contributed by atoms with E-state index in [1.165, 1.54) is 4.57 Å². The molecule has 0 saturated heterocycles. The van der Waals surface area contributed by atoms with Crippen molar-refractivity contribution in [3.05, 3.63) is 52.4 Å². The maximum atomic E-state index is 12.2. The first-order valence-electron chi connectivity index (χ1n) is 6.08. The monoisotopic (exact) mass is 256 g/mol. The molecule has 0 aliphatic heterocycles. The minimum absolute atomic E-state index is 0.0782. The fraction of sp³-hybridized carbons (Fsp3) is 0.214. The first-order chi connectivity index (χ1) is 9.18. The summed E-state index contributed by atoms with van der Waals surface area (Å²) < 4.78 is 1.51. The minimum Gasteiger partial charge on any atom is -0.477 e. The van der Waals surface area contributed by atoms with Gasteiger partial charge in [-0.2, -0.15) is 0 Å². The second-order valence-electron chi connectivity index (χ2n) is 4.57. The number of hydrogen-bond acceptors (Lipinski definition) is 3.